The van der Waals surface area contributed by atoms with Crippen LogP contribution in [-0.4, -0.2) is 64.9 Å². The molecule has 1 aliphatic carbocycles. The Bertz CT molecular complexity index is 1190. The standard InChI is InChI=1S/C28H35ClN6O2/c1-16(2)30-12-23(18-3-5-19(29)6-4-18)28(37)35-13-17-9-10-34(14-20(35)11-17)26-24-21-7-8-22(21)27(36)33-25(24)31-15-32-26/h3-6,15-17,20-23,30H,7-14H2,1-2H3,(H,31,32,33,36)/t17?,20?,21-,22+,23-/m1/s1. The van der Waals surface area contributed by atoms with Gasteiger partial charge in [0.15, 0.2) is 0 Å². The van der Waals surface area contributed by atoms with Gasteiger partial charge in [0.1, 0.15) is 18.0 Å². The van der Waals surface area contributed by atoms with Gasteiger partial charge in [0.2, 0.25) is 11.8 Å². The van der Waals surface area contributed by atoms with Crippen LogP contribution < -0.4 is 15.5 Å². The average molecular weight is 523 g/mol. The van der Waals surface area contributed by atoms with Gasteiger partial charge in [-0.3, -0.25) is 9.59 Å². The zero-order valence-corrected chi connectivity index (χ0v) is 22.2. The molecule has 2 aromatic rings. The number of carbonyl (C=O) groups excluding carboxylic acids is 2. The van der Waals surface area contributed by atoms with E-state index >= 15 is 0 Å². The molecule has 37 heavy (non-hydrogen) atoms. The lowest BCUT2D eigenvalue weighted by Crippen LogP contribution is -2.48. The van der Waals surface area contributed by atoms with Gasteiger partial charge in [0, 0.05) is 60.7 Å². The van der Waals surface area contributed by atoms with Crippen LogP contribution >= 0.6 is 11.6 Å². The lowest BCUT2D eigenvalue weighted by molar-refractivity contribution is -0.133. The molecule has 2 amide bonds. The normalized spacial score (nSPS) is 27.2. The maximum Gasteiger partial charge on any atom is 0.231 e. The topological polar surface area (TPSA) is 90.5 Å². The number of hydrogen-bond donors (Lipinski definition) is 2. The molecule has 1 saturated carbocycles. The fourth-order valence-electron chi connectivity index (χ4n) is 6.59. The zero-order valence-electron chi connectivity index (χ0n) is 21.5. The van der Waals surface area contributed by atoms with Crippen molar-refractivity contribution >= 4 is 35.1 Å². The number of nitrogens with zero attached hydrogens (tertiary/aromatic N) is 4. The third kappa shape index (κ3) is 4.59. The molecule has 3 aliphatic heterocycles. The van der Waals surface area contributed by atoms with Crippen LogP contribution in [0.15, 0.2) is 30.6 Å². The lowest BCUT2D eigenvalue weighted by atomic mass is 9.68. The van der Waals surface area contributed by atoms with Gasteiger partial charge >= 0.3 is 0 Å². The first-order valence-electron chi connectivity index (χ1n) is 13.6. The van der Waals surface area contributed by atoms with Crippen molar-refractivity contribution in [1.82, 2.24) is 20.2 Å². The van der Waals surface area contributed by atoms with E-state index in [-0.39, 0.29) is 35.6 Å². The second-order valence-electron chi connectivity index (χ2n) is 11.4. The molecule has 1 aromatic carbocycles. The molecule has 196 valence electrons. The molecule has 2 unspecified atom stereocenters. The van der Waals surface area contributed by atoms with Gasteiger partial charge in [-0.2, -0.15) is 0 Å². The summed E-state index contributed by atoms with van der Waals surface area (Å²) in [5.74, 6) is 2.34. The number of likely N-dealkylation sites (tertiary alicyclic amines) is 1. The van der Waals surface area contributed by atoms with Gasteiger partial charge < -0.3 is 20.4 Å². The molecular weight excluding hydrogens is 488 g/mol. The molecule has 0 radical (unpaired) electrons. The van der Waals surface area contributed by atoms with Crippen molar-refractivity contribution in [3.63, 3.8) is 0 Å². The molecule has 2 N–H and O–H groups in total. The van der Waals surface area contributed by atoms with Crippen molar-refractivity contribution in [2.75, 3.05) is 36.4 Å². The minimum absolute atomic E-state index is 0.0346. The second kappa shape index (κ2) is 9.87. The van der Waals surface area contributed by atoms with Gasteiger partial charge in [0.05, 0.1) is 5.92 Å². The Kier molecular flexibility index (Phi) is 6.57. The SMILES string of the molecule is CC(C)NC[C@@H](C(=O)N1CC2CCN(c3ncnc4c3[C@@H]3CC[C@@H]3C(=O)N4)CC1C2)c1ccc(Cl)cc1. The van der Waals surface area contributed by atoms with Gasteiger partial charge in [-0.15, -0.1) is 0 Å². The van der Waals surface area contributed by atoms with Crippen molar-refractivity contribution in [2.45, 2.75) is 63.5 Å². The summed E-state index contributed by atoms with van der Waals surface area (Å²) in [6.45, 7) is 7.27. The molecule has 0 spiro atoms. The predicted octanol–water partition coefficient (Wildman–Crippen LogP) is 3.78. The van der Waals surface area contributed by atoms with Crippen molar-refractivity contribution in [2.24, 2.45) is 11.8 Å². The summed E-state index contributed by atoms with van der Waals surface area (Å²) >= 11 is 6.15. The molecule has 4 heterocycles. The van der Waals surface area contributed by atoms with E-state index in [9.17, 15) is 9.59 Å². The van der Waals surface area contributed by atoms with Gasteiger partial charge in [0.25, 0.3) is 0 Å². The third-order valence-electron chi connectivity index (χ3n) is 8.71. The van der Waals surface area contributed by atoms with E-state index in [1.807, 2.05) is 24.3 Å². The first kappa shape index (κ1) is 24.6. The van der Waals surface area contributed by atoms with E-state index in [1.165, 1.54) is 0 Å². The van der Waals surface area contributed by atoms with E-state index in [0.717, 1.165) is 62.3 Å². The summed E-state index contributed by atoms with van der Waals surface area (Å²) in [6.07, 6.45) is 5.53. The van der Waals surface area contributed by atoms with Crippen LogP contribution in [0, 0.1) is 11.8 Å². The fraction of sp³-hybridized carbons (Fsp3) is 0.571. The highest BCUT2D eigenvalue weighted by molar-refractivity contribution is 6.30. The molecule has 4 aliphatic rings. The number of nitrogens with one attached hydrogen (secondary N) is 2. The van der Waals surface area contributed by atoms with Gasteiger partial charge in [-0.1, -0.05) is 37.6 Å². The maximum absolute atomic E-state index is 14.1. The number of anilines is 2. The average Bonchev–Trinajstić information content (AvgIpc) is 3.12. The summed E-state index contributed by atoms with van der Waals surface area (Å²) in [7, 11) is 0. The van der Waals surface area contributed by atoms with Crippen LogP contribution in [0.2, 0.25) is 5.02 Å². The Morgan fingerprint density at radius 1 is 1.14 bits per heavy atom. The van der Waals surface area contributed by atoms with Gasteiger partial charge in [-0.05, 0) is 49.3 Å². The Labute approximate surface area is 223 Å². The summed E-state index contributed by atoms with van der Waals surface area (Å²) < 4.78 is 0. The van der Waals surface area contributed by atoms with Crippen molar-refractivity contribution in [1.29, 1.82) is 0 Å². The lowest BCUT2D eigenvalue weighted by Gasteiger charge is -2.42. The molecule has 3 fully saturated rings. The first-order valence-corrected chi connectivity index (χ1v) is 14.0. The van der Waals surface area contributed by atoms with Crippen LogP contribution in [-0.2, 0) is 9.59 Å². The highest BCUT2D eigenvalue weighted by atomic mass is 35.5. The van der Waals surface area contributed by atoms with Crippen molar-refractivity contribution in [3.05, 3.63) is 46.7 Å². The predicted molar refractivity (Wildman–Crippen MR) is 144 cm³/mol. The highest BCUT2D eigenvalue weighted by Crippen LogP contribution is 2.51. The smallest absolute Gasteiger partial charge is 0.231 e. The Balaban J connectivity index is 1.26. The largest absolute Gasteiger partial charge is 0.354 e. The number of aromatic nitrogens is 2. The molecule has 9 heteroatoms. The Morgan fingerprint density at radius 3 is 2.65 bits per heavy atom. The molecule has 1 aromatic heterocycles. The number of carbonyl (C=O) groups is 2. The molecule has 6 rings (SSSR count). The van der Waals surface area contributed by atoms with Crippen molar-refractivity contribution < 1.29 is 9.59 Å². The first-order chi connectivity index (χ1) is 17.9. The zero-order chi connectivity index (χ0) is 25.7. The van der Waals surface area contributed by atoms with E-state index < -0.39 is 0 Å². The van der Waals surface area contributed by atoms with Crippen LogP contribution in [0.4, 0.5) is 11.6 Å². The summed E-state index contributed by atoms with van der Waals surface area (Å²) in [5, 5.41) is 7.17. The van der Waals surface area contributed by atoms with E-state index in [0.29, 0.717) is 29.3 Å². The number of hydrogen-bond acceptors (Lipinski definition) is 6. The number of halogens is 1. The number of rotatable bonds is 6. The maximum atomic E-state index is 14.1. The quantitative estimate of drug-likeness (QED) is 0.600. The van der Waals surface area contributed by atoms with Crippen LogP contribution in [0.25, 0.3) is 0 Å². The minimum Gasteiger partial charge on any atom is -0.354 e. The van der Waals surface area contributed by atoms with Crippen molar-refractivity contribution in [3.8, 4) is 0 Å². The summed E-state index contributed by atoms with van der Waals surface area (Å²) in [6, 6.07) is 8.11. The summed E-state index contributed by atoms with van der Waals surface area (Å²) in [5.41, 5.74) is 2.09. The van der Waals surface area contributed by atoms with E-state index in [4.69, 9.17) is 16.6 Å². The summed E-state index contributed by atoms with van der Waals surface area (Å²) in [4.78, 5) is 40.1. The molecule has 2 bridgehead atoms. The second-order valence-corrected chi connectivity index (χ2v) is 11.8. The van der Waals surface area contributed by atoms with Gasteiger partial charge in [-0.25, -0.2) is 9.97 Å². The number of amides is 2. The number of benzene rings is 1. The van der Waals surface area contributed by atoms with E-state index in [2.05, 4.69) is 39.3 Å². The number of fused-ring (bicyclic) bond motifs is 5. The molecule has 5 atom stereocenters. The van der Waals surface area contributed by atoms with Crippen LogP contribution in [0.1, 0.15) is 62.5 Å². The highest BCUT2D eigenvalue weighted by Gasteiger charge is 2.46. The Morgan fingerprint density at radius 2 is 1.92 bits per heavy atom. The molecule has 8 nitrogen and oxygen atoms in total. The minimum atomic E-state index is -0.258. The monoisotopic (exact) mass is 522 g/mol. The van der Waals surface area contributed by atoms with E-state index in [1.54, 1.807) is 6.33 Å². The van der Waals surface area contributed by atoms with Crippen LogP contribution in [0.3, 0.4) is 0 Å². The Hall–Kier alpha value is -2.71. The molecular formula is C28H35ClN6O2. The third-order valence-corrected chi connectivity index (χ3v) is 8.96. The molecule has 2 saturated heterocycles. The fourth-order valence-corrected chi connectivity index (χ4v) is 6.71. The van der Waals surface area contributed by atoms with Crippen LogP contribution in [0.5, 0.6) is 0 Å².